The van der Waals surface area contributed by atoms with E-state index in [1.807, 2.05) is 0 Å². The van der Waals surface area contributed by atoms with E-state index in [1.165, 1.54) is 12.8 Å². The van der Waals surface area contributed by atoms with Crippen LogP contribution in [0.5, 0.6) is 0 Å². The van der Waals surface area contributed by atoms with Crippen molar-refractivity contribution >= 4 is 10.0 Å². The molecule has 7 heteroatoms. The summed E-state index contributed by atoms with van der Waals surface area (Å²) in [5, 5.41) is 9.89. The van der Waals surface area contributed by atoms with Gasteiger partial charge in [-0.25, -0.2) is 13.1 Å². The first-order chi connectivity index (χ1) is 10.0. The molecule has 1 fully saturated rings. The lowest BCUT2D eigenvalue weighted by molar-refractivity contribution is 0.414. The average Bonchev–Trinajstić information content (AvgIpc) is 3.06. The summed E-state index contributed by atoms with van der Waals surface area (Å²) < 4.78 is 27.5. The van der Waals surface area contributed by atoms with E-state index in [0.29, 0.717) is 30.5 Å². The molecule has 0 aromatic carbocycles. The molecule has 0 bridgehead atoms. The van der Waals surface area contributed by atoms with Crippen molar-refractivity contribution < 1.29 is 8.42 Å². The monoisotopic (exact) mass is 314 g/mol. The highest BCUT2D eigenvalue weighted by Gasteiger charge is 2.27. The van der Waals surface area contributed by atoms with Crippen molar-refractivity contribution in [3.05, 3.63) is 11.8 Å². The number of aromatic nitrogens is 2. The number of nitrogens with one attached hydrogen (secondary N) is 3. The van der Waals surface area contributed by atoms with E-state index in [2.05, 4.69) is 34.1 Å². The van der Waals surface area contributed by atoms with E-state index in [9.17, 15) is 8.42 Å². The Bertz CT molecular complexity index is 541. The molecule has 2 rings (SSSR count). The van der Waals surface area contributed by atoms with Gasteiger partial charge in [0.25, 0.3) is 10.0 Å². The molecule has 1 heterocycles. The lowest BCUT2D eigenvalue weighted by atomic mass is 9.99. The smallest absolute Gasteiger partial charge is 0.257 e. The number of aromatic amines is 1. The fraction of sp³-hybridized carbons (Fsp3) is 0.786. The zero-order valence-electron chi connectivity index (χ0n) is 12.9. The third-order valence-corrected chi connectivity index (χ3v) is 5.70. The van der Waals surface area contributed by atoms with Crippen LogP contribution < -0.4 is 10.0 Å². The lowest BCUT2D eigenvalue weighted by Gasteiger charge is -2.16. The van der Waals surface area contributed by atoms with Crippen LogP contribution >= 0.6 is 0 Å². The minimum Gasteiger partial charge on any atom is -0.313 e. The number of nitrogens with zero attached hydrogens (tertiary/aromatic N) is 1. The first kappa shape index (κ1) is 16.5. The SMILES string of the molecule is CCCNCc1cn[nH]c1S(=O)(=O)NCC1CCCC1C. The van der Waals surface area contributed by atoms with Crippen LogP contribution in [0.2, 0.25) is 0 Å². The second-order valence-corrected chi connectivity index (χ2v) is 7.63. The predicted octanol–water partition coefficient (Wildman–Crippen LogP) is 1.62. The molecule has 21 heavy (non-hydrogen) atoms. The van der Waals surface area contributed by atoms with Crippen molar-refractivity contribution in [3.63, 3.8) is 0 Å². The summed E-state index contributed by atoms with van der Waals surface area (Å²) in [5.74, 6) is 1.05. The van der Waals surface area contributed by atoms with E-state index in [1.54, 1.807) is 6.20 Å². The van der Waals surface area contributed by atoms with Gasteiger partial charge in [-0.05, 0) is 31.2 Å². The zero-order valence-corrected chi connectivity index (χ0v) is 13.7. The van der Waals surface area contributed by atoms with Crippen LogP contribution in [0.3, 0.4) is 0 Å². The van der Waals surface area contributed by atoms with Gasteiger partial charge in [-0.2, -0.15) is 5.10 Å². The Morgan fingerprint density at radius 2 is 2.24 bits per heavy atom. The Kier molecular flexibility index (Phi) is 5.78. The number of hydrogen-bond donors (Lipinski definition) is 3. The summed E-state index contributed by atoms with van der Waals surface area (Å²) in [6.45, 7) is 6.16. The van der Waals surface area contributed by atoms with Crippen LogP contribution in [-0.4, -0.2) is 31.7 Å². The summed E-state index contributed by atoms with van der Waals surface area (Å²) in [4.78, 5) is 0. The van der Waals surface area contributed by atoms with Gasteiger partial charge in [0, 0.05) is 18.7 Å². The molecule has 0 amide bonds. The number of hydrogen-bond acceptors (Lipinski definition) is 4. The fourth-order valence-electron chi connectivity index (χ4n) is 2.87. The van der Waals surface area contributed by atoms with Gasteiger partial charge in [-0.1, -0.05) is 26.7 Å². The maximum atomic E-state index is 12.4. The van der Waals surface area contributed by atoms with Crippen molar-refractivity contribution in [2.24, 2.45) is 11.8 Å². The quantitative estimate of drug-likeness (QED) is 0.636. The molecule has 120 valence electrons. The van der Waals surface area contributed by atoms with Gasteiger partial charge in [0.2, 0.25) is 0 Å². The molecule has 2 atom stereocenters. The predicted molar refractivity (Wildman–Crippen MR) is 82.3 cm³/mol. The van der Waals surface area contributed by atoms with Gasteiger partial charge in [-0.15, -0.1) is 0 Å². The van der Waals surface area contributed by atoms with Crippen molar-refractivity contribution in [2.45, 2.75) is 51.1 Å². The Balaban J connectivity index is 1.97. The average molecular weight is 314 g/mol. The van der Waals surface area contributed by atoms with Gasteiger partial charge < -0.3 is 5.32 Å². The van der Waals surface area contributed by atoms with Gasteiger partial charge in [0.15, 0.2) is 5.03 Å². The van der Waals surface area contributed by atoms with Crippen molar-refractivity contribution in [1.82, 2.24) is 20.2 Å². The van der Waals surface area contributed by atoms with Gasteiger partial charge in [-0.3, -0.25) is 5.10 Å². The second-order valence-electron chi connectivity index (χ2n) is 5.92. The summed E-state index contributed by atoms with van der Waals surface area (Å²) in [6.07, 6.45) is 6.09. The molecule has 1 aliphatic carbocycles. The maximum Gasteiger partial charge on any atom is 0.257 e. The summed E-state index contributed by atoms with van der Waals surface area (Å²) in [6, 6.07) is 0. The summed E-state index contributed by atoms with van der Waals surface area (Å²) >= 11 is 0. The highest BCUT2D eigenvalue weighted by Crippen LogP contribution is 2.30. The molecule has 1 aromatic heterocycles. The van der Waals surface area contributed by atoms with E-state index in [-0.39, 0.29) is 5.03 Å². The van der Waals surface area contributed by atoms with E-state index in [4.69, 9.17) is 0 Å². The van der Waals surface area contributed by atoms with Gasteiger partial charge >= 0.3 is 0 Å². The molecule has 0 aliphatic heterocycles. The third kappa shape index (κ3) is 4.28. The van der Waals surface area contributed by atoms with E-state index < -0.39 is 10.0 Å². The molecule has 6 nitrogen and oxygen atoms in total. The molecule has 3 N–H and O–H groups in total. The van der Waals surface area contributed by atoms with Crippen molar-refractivity contribution in [3.8, 4) is 0 Å². The zero-order chi connectivity index (χ0) is 15.3. The Labute approximate surface area is 127 Å². The first-order valence-corrected chi connectivity index (χ1v) is 9.25. The molecule has 2 unspecified atom stereocenters. The third-order valence-electron chi connectivity index (χ3n) is 4.26. The molecule has 0 radical (unpaired) electrons. The molecule has 0 spiro atoms. The molecule has 1 aromatic rings. The molecule has 0 saturated heterocycles. The van der Waals surface area contributed by atoms with Crippen LogP contribution in [0.1, 0.15) is 45.1 Å². The molecular formula is C14H26N4O2S. The number of sulfonamides is 1. The number of rotatable bonds is 8. The van der Waals surface area contributed by atoms with Crippen LogP contribution in [0.25, 0.3) is 0 Å². The molecular weight excluding hydrogens is 288 g/mol. The van der Waals surface area contributed by atoms with Crippen molar-refractivity contribution in [1.29, 1.82) is 0 Å². The largest absolute Gasteiger partial charge is 0.313 e. The summed E-state index contributed by atoms with van der Waals surface area (Å²) in [7, 11) is -3.50. The Morgan fingerprint density at radius 3 is 2.90 bits per heavy atom. The highest BCUT2D eigenvalue weighted by molar-refractivity contribution is 7.89. The van der Waals surface area contributed by atoms with Crippen molar-refractivity contribution in [2.75, 3.05) is 13.1 Å². The standard InChI is InChI=1S/C14H26N4O2S/c1-3-7-15-8-13-9-16-18-14(13)21(19,20)17-10-12-6-4-5-11(12)2/h9,11-12,15,17H,3-8,10H2,1-2H3,(H,16,18). The normalized spacial score (nSPS) is 22.8. The lowest BCUT2D eigenvalue weighted by Crippen LogP contribution is -2.31. The minimum absolute atomic E-state index is 0.191. The number of H-pyrrole nitrogens is 1. The van der Waals surface area contributed by atoms with Crippen LogP contribution in [0, 0.1) is 11.8 Å². The van der Waals surface area contributed by atoms with E-state index >= 15 is 0 Å². The van der Waals surface area contributed by atoms with E-state index in [0.717, 1.165) is 19.4 Å². The first-order valence-electron chi connectivity index (χ1n) is 7.77. The minimum atomic E-state index is -3.50. The van der Waals surface area contributed by atoms with Gasteiger partial charge in [0.1, 0.15) is 0 Å². The Morgan fingerprint density at radius 1 is 1.43 bits per heavy atom. The topological polar surface area (TPSA) is 86.9 Å². The maximum absolute atomic E-state index is 12.4. The molecule has 1 saturated carbocycles. The van der Waals surface area contributed by atoms with Crippen LogP contribution in [0.15, 0.2) is 11.2 Å². The molecule has 1 aliphatic rings. The highest BCUT2D eigenvalue weighted by atomic mass is 32.2. The van der Waals surface area contributed by atoms with Gasteiger partial charge in [0.05, 0.1) is 6.20 Å². The second kappa shape index (κ2) is 7.38. The Hall–Kier alpha value is -0.920. The fourth-order valence-corrected chi connectivity index (χ4v) is 4.09. The van der Waals surface area contributed by atoms with Crippen LogP contribution in [-0.2, 0) is 16.6 Å². The summed E-state index contributed by atoms with van der Waals surface area (Å²) in [5.41, 5.74) is 0.690. The van der Waals surface area contributed by atoms with Crippen LogP contribution in [0.4, 0.5) is 0 Å².